The molecule has 1 saturated carbocycles. The Kier molecular flexibility index (Phi) is 7.39. The first kappa shape index (κ1) is 20.9. The molecule has 1 aromatic rings. The highest BCUT2D eigenvalue weighted by Gasteiger charge is 2.44. The lowest BCUT2D eigenvalue weighted by molar-refractivity contribution is -0.155. The molecule has 1 aromatic carbocycles. The molecule has 1 aliphatic rings. The van der Waals surface area contributed by atoms with Crippen LogP contribution in [0.2, 0.25) is 0 Å². The first-order valence-electron chi connectivity index (χ1n) is 9.54. The fraction of sp³-hybridized carbons (Fsp3) is 0.571. The van der Waals surface area contributed by atoms with Gasteiger partial charge >= 0.3 is 11.9 Å². The average molecular weight is 375 g/mol. The lowest BCUT2D eigenvalue weighted by Gasteiger charge is -2.27. The van der Waals surface area contributed by atoms with E-state index in [1.165, 1.54) is 7.11 Å². The number of carbonyl (C=O) groups is 3. The summed E-state index contributed by atoms with van der Waals surface area (Å²) < 4.78 is 10.1. The van der Waals surface area contributed by atoms with Crippen molar-refractivity contribution >= 4 is 17.8 Å². The molecule has 27 heavy (non-hydrogen) atoms. The van der Waals surface area contributed by atoms with Gasteiger partial charge < -0.3 is 14.8 Å². The Morgan fingerprint density at radius 2 is 1.78 bits per heavy atom. The molecule has 0 bridgehead atoms. The van der Waals surface area contributed by atoms with E-state index in [1.54, 1.807) is 0 Å². The number of hydrogen-bond donors (Lipinski definition) is 1. The van der Waals surface area contributed by atoms with Gasteiger partial charge in [0.15, 0.2) is 6.61 Å². The summed E-state index contributed by atoms with van der Waals surface area (Å²) in [4.78, 5) is 37.0. The smallest absolute Gasteiger partial charge is 0.328 e. The zero-order valence-electron chi connectivity index (χ0n) is 16.3. The van der Waals surface area contributed by atoms with E-state index in [0.717, 1.165) is 31.2 Å². The number of esters is 2. The Hall–Kier alpha value is -2.37. The van der Waals surface area contributed by atoms with Gasteiger partial charge in [0.1, 0.15) is 6.04 Å². The average Bonchev–Trinajstić information content (AvgIpc) is 3.21. The molecule has 6 nitrogen and oxygen atoms in total. The zero-order chi connectivity index (χ0) is 19.9. The largest absolute Gasteiger partial charge is 0.467 e. The van der Waals surface area contributed by atoms with Crippen molar-refractivity contribution in [3.05, 3.63) is 35.9 Å². The fourth-order valence-corrected chi connectivity index (χ4v) is 3.63. The lowest BCUT2D eigenvalue weighted by Crippen LogP contribution is -2.47. The molecule has 1 N–H and O–H groups in total. The summed E-state index contributed by atoms with van der Waals surface area (Å²) in [6, 6.07) is 8.84. The highest BCUT2D eigenvalue weighted by molar-refractivity contribution is 5.88. The summed E-state index contributed by atoms with van der Waals surface area (Å²) in [6.07, 6.45) is 4.05. The maximum atomic E-state index is 12.8. The molecule has 148 valence electrons. The molecule has 1 amide bonds. The van der Waals surface area contributed by atoms with Crippen LogP contribution in [0.25, 0.3) is 0 Å². The predicted molar refractivity (Wildman–Crippen MR) is 101 cm³/mol. The molecule has 0 spiro atoms. The summed E-state index contributed by atoms with van der Waals surface area (Å²) in [7, 11) is 1.29. The Morgan fingerprint density at radius 1 is 1.15 bits per heavy atom. The molecule has 2 atom stereocenters. The zero-order valence-corrected chi connectivity index (χ0v) is 16.3. The van der Waals surface area contributed by atoms with E-state index in [4.69, 9.17) is 9.47 Å². The predicted octanol–water partition coefficient (Wildman–Crippen LogP) is 2.75. The summed E-state index contributed by atoms with van der Waals surface area (Å²) in [5.74, 6) is -1.46. The first-order valence-corrected chi connectivity index (χ1v) is 9.54. The van der Waals surface area contributed by atoms with Crippen LogP contribution in [0.3, 0.4) is 0 Å². The highest BCUT2D eigenvalue weighted by Crippen LogP contribution is 2.42. The van der Waals surface area contributed by atoms with Crippen LogP contribution in [0.4, 0.5) is 0 Å². The summed E-state index contributed by atoms with van der Waals surface area (Å²) >= 11 is 0. The monoisotopic (exact) mass is 375 g/mol. The third-order valence-electron chi connectivity index (χ3n) is 5.49. The normalized spacial score (nSPS) is 17.6. The molecular weight excluding hydrogens is 346 g/mol. The van der Waals surface area contributed by atoms with E-state index < -0.39 is 29.9 Å². The third kappa shape index (κ3) is 4.87. The van der Waals surface area contributed by atoms with Gasteiger partial charge in [-0.15, -0.1) is 0 Å². The molecule has 0 saturated heterocycles. The van der Waals surface area contributed by atoms with Gasteiger partial charge in [-0.05, 0) is 24.3 Å². The van der Waals surface area contributed by atoms with E-state index in [9.17, 15) is 14.4 Å². The summed E-state index contributed by atoms with van der Waals surface area (Å²) in [5, 5.41) is 2.63. The van der Waals surface area contributed by atoms with Gasteiger partial charge in [-0.2, -0.15) is 0 Å². The number of rotatable bonds is 8. The topological polar surface area (TPSA) is 81.7 Å². The number of carbonyl (C=O) groups excluding carboxylic acids is 3. The number of benzene rings is 1. The second-order valence-electron chi connectivity index (χ2n) is 7.19. The van der Waals surface area contributed by atoms with Gasteiger partial charge in [-0.1, -0.05) is 63.4 Å². The number of ether oxygens (including phenoxy) is 2. The first-order chi connectivity index (χ1) is 12.9. The minimum absolute atomic E-state index is 0.0809. The molecule has 1 aliphatic carbocycles. The molecule has 0 aromatic heterocycles. The Balaban J connectivity index is 2.01. The molecule has 0 unspecified atom stereocenters. The van der Waals surface area contributed by atoms with Crippen molar-refractivity contribution < 1.29 is 23.9 Å². The molecule has 0 radical (unpaired) electrons. The van der Waals surface area contributed by atoms with Gasteiger partial charge in [0.2, 0.25) is 0 Å². The van der Waals surface area contributed by atoms with Gasteiger partial charge in [0.25, 0.3) is 5.91 Å². The van der Waals surface area contributed by atoms with Crippen molar-refractivity contribution in [3.63, 3.8) is 0 Å². The second-order valence-corrected chi connectivity index (χ2v) is 7.19. The molecule has 1 fully saturated rings. The minimum Gasteiger partial charge on any atom is -0.467 e. The van der Waals surface area contributed by atoms with E-state index in [-0.39, 0.29) is 11.9 Å². The fourth-order valence-electron chi connectivity index (χ4n) is 3.63. The summed E-state index contributed by atoms with van der Waals surface area (Å²) in [5.41, 5.74) is 0.250. The van der Waals surface area contributed by atoms with Crippen molar-refractivity contribution in [2.24, 2.45) is 5.92 Å². The quantitative estimate of drug-likeness (QED) is 0.707. The third-order valence-corrected chi connectivity index (χ3v) is 5.49. The SMILES string of the molecule is CC[C@@H](C)[C@H](NC(=O)COC(=O)C1(c2ccccc2)CCCC1)C(=O)OC. The molecular formula is C21H29NO5. The number of nitrogens with one attached hydrogen (secondary N) is 1. The van der Waals surface area contributed by atoms with Gasteiger partial charge in [-0.3, -0.25) is 9.59 Å². The number of hydrogen-bond acceptors (Lipinski definition) is 5. The van der Waals surface area contributed by atoms with Crippen molar-refractivity contribution in [1.29, 1.82) is 0 Å². The molecule has 0 aliphatic heterocycles. The van der Waals surface area contributed by atoms with Crippen LogP contribution in [-0.4, -0.2) is 37.6 Å². The van der Waals surface area contributed by atoms with Gasteiger partial charge in [0.05, 0.1) is 12.5 Å². The molecule has 6 heteroatoms. The van der Waals surface area contributed by atoms with Gasteiger partial charge in [-0.25, -0.2) is 4.79 Å². The minimum atomic E-state index is -0.749. The van der Waals surface area contributed by atoms with Crippen LogP contribution in [0.5, 0.6) is 0 Å². The second kappa shape index (κ2) is 9.53. The van der Waals surface area contributed by atoms with Crippen molar-refractivity contribution in [1.82, 2.24) is 5.32 Å². The molecule has 2 rings (SSSR count). The summed E-state index contributed by atoms with van der Waals surface area (Å²) in [6.45, 7) is 3.38. The Morgan fingerprint density at radius 3 is 2.33 bits per heavy atom. The number of methoxy groups -OCH3 is 1. The van der Waals surface area contributed by atoms with Crippen molar-refractivity contribution in [3.8, 4) is 0 Å². The van der Waals surface area contributed by atoms with E-state index in [1.807, 2.05) is 44.2 Å². The van der Waals surface area contributed by atoms with E-state index >= 15 is 0 Å². The standard InChI is InChI=1S/C21H29NO5/c1-4-15(2)18(19(24)26-3)22-17(23)14-27-20(25)21(12-8-9-13-21)16-10-6-5-7-11-16/h5-7,10-11,15,18H,4,8-9,12-14H2,1-3H3,(H,22,23)/t15-,18+/m1/s1. The van der Waals surface area contributed by atoms with Crippen LogP contribution in [0.1, 0.15) is 51.5 Å². The van der Waals surface area contributed by atoms with E-state index in [0.29, 0.717) is 6.42 Å². The van der Waals surface area contributed by atoms with E-state index in [2.05, 4.69) is 5.32 Å². The Bertz CT molecular complexity index is 652. The maximum absolute atomic E-state index is 12.8. The van der Waals surface area contributed by atoms with Crippen molar-refractivity contribution in [2.45, 2.75) is 57.4 Å². The van der Waals surface area contributed by atoms with Crippen LogP contribution in [0.15, 0.2) is 30.3 Å². The van der Waals surface area contributed by atoms with Gasteiger partial charge in [0, 0.05) is 0 Å². The van der Waals surface area contributed by atoms with Crippen LogP contribution >= 0.6 is 0 Å². The van der Waals surface area contributed by atoms with Crippen LogP contribution < -0.4 is 5.32 Å². The lowest BCUT2D eigenvalue weighted by atomic mass is 9.79. The van der Waals surface area contributed by atoms with Crippen LogP contribution in [0, 0.1) is 5.92 Å². The number of amides is 1. The maximum Gasteiger partial charge on any atom is 0.328 e. The molecule has 0 heterocycles. The van der Waals surface area contributed by atoms with Crippen LogP contribution in [-0.2, 0) is 29.3 Å². The Labute approximate surface area is 160 Å². The highest BCUT2D eigenvalue weighted by atomic mass is 16.5. The van der Waals surface area contributed by atoms with Crippen molar-refractivity contribution in [2.75, 3.05) is 13.7 Å².